The number of carbonyl (C=O) groups excluding carboxylic acids is 2. The molecule has 0 atom stereocenters. The van der Waals surface area contributed by atoms with Crippen molar-refractivity contribution in [3.63, 3.8) is 0 Å². The SMILES string of the molecule is COC(=O)CN1CCN(CC(=O)N(C)CCSC)/C=C\N(CCO)CCN(CC(=O)O)CC1. The maximum absolute atomic E-state index is 12.7. The average molecular weight is 490 g/mol. The summed E-state index contributed by atoms with van der Waals surface area (Å²) in [6.07, 6.45) is 5.66. The van der Waals surface area contributed by atoms with Crippen LogP contribution in [-0.2, 0) is 19.1 Å². The predicted molar refractivity (Wildman–Crippen MR) is 128 cm³/mol. The van der Waals surface area contributed by atoms with Crippen molar-refractivity contribution in [3.05, 3.63) is 12.4 Å². The maximum Gasteiger partial charge on any atom is 0.319 e. The van der Waals surface area contributed by atoms with Gasteiger partial charge in [0.05, 0.1) is 33.4 Å². The lowest BCUT2D eigenvalue weighted by molar-refractivity contribution is -0.142. The minimum atomic E-state index is -0.916. The number of rotatable bonds is 11. The molecule has 0 saturated heterocycles. The summed E-state index contributed by atoms with van der Waals surface area (Å²) < 4.78 is 4.81. The molecule has 0 fully saturated rings. The van der Waals surface area contributed by atoms with Crippen LogP contribution in [0.15, 0.2) is 12.4 Å². The molecule has 33 heavy (non-hydrogen) atoms. The van der Waals surface area contributed by atoms with Gasteiger partial charge >= 0.3 is 11.9 Å². The van der Waals surface area contributed by atoms with Crippen LogP contribution in [0.5, 0.6) is 0 Å². The van der Waals surface area contributed by atoms with Crippen molar-refractivity contribution in [2.45, 2.75) is 0 Å². The molecule has 0 aromatic heterocycles. The summed E-state index contributed by atoms with van der Waals surface area (Å²) >= 11 is 1.68. The molecule has 0 aliphatic carbocycles. The van der Waals surface area contributed by atoms with E-state index < -0.39 is 5.97 Å². The standard InChI is InChI=1S/C21H39N5O6S/c1-22(13-15-33-3)19(28)16-24-6-4-23(12-14-27)5-7-25(17-20(29)30)9-11-26(10-8-24)18-21(31)32-2/h4,6,27H,5,7-18H2,1-3H3,(H,29,30)/b6-4-. The van der Waals surface area contributed by atoms with Crippen LogP contribution >= 0.6 is 11.8 Å². The van der Waals surface area contributed by atoms with E-state index in [1.165, 1.54) is 7.11 Å². The van der Waals surface area contributed by atoms with Gasteiger partial charge in [0, 0.05) is 77.6 Å². The molecule has 11 nitrogen and oxygen atoms in total. The number of amides is 1. The zero-order chi connectivity index (χ0) is 24.6. The minimum Gasteiger partial charge on any atom is -0.480 e. The largest absolute Gasteiger partial charge is 0.480 e. The number of β-amino-alcohol motifs (C(OH)–C–C–N with tert-alkyl or cyclic N) is 1. The Labute approximate surface area is 200 Å². The highest BCUT2D eigenvalue weighted by Gasteiger charge is 2.19. The summed E-state index contributed by atoms with van der Waals surface area (Å²) in [6.45, 7) is 4.19. The number of thioether (sulfide) groups is 1. The molecule has 190 valence electrons. The third kappa shape index (κ3) is 12.7. The molecule has 1 rings (SSSR count). The van der Waals surface area contributed by atoms with Crippen molar-refractivity contribution >= 4 is 29.6 Å². The number of esters is 1. The van der Waals surface area contributed by atoms with E-state index in [0.29, 0.717) is 52.4 Å². The van der Waals surface area contributed by atoms with Crippen molar-refractivity contribution in [2.24, 2.45) is 0 Å². The zero-order valence-corrected chi connectivity index (χ0v) is 20.8. The van der Waals surface area contributed by atoms with Crippen LogP contribution in [0.4, 0.5) is 0 Å². The van der Waals surface area contributed by atoms with E-state index in [4.69, 9.17) is 4.74 Å². The number of carboxylic acids is 1. The summed E-state index contributed by atoms with van der Waals surface area (Å²) in [7, 11) is 3.13. The molecule has 0 saturated carbocycles. The Hall–Kier alpha value is -2.02. The summed E-state index contributed by atoms with van der Waals surface area (Å²) in [5.41, 5.74) is 0. The van der Waals surface area contributed by atoms with Crippen LogP contribution in [0.3, 0.4) is 0 Å². The molecule has 0 bridgehead atoms. The van der Waals surface area contributed by atoms with Gasteiger partial charge in [0.1, 0.15) is 0 Å². The Morgan fingerprint density at radius 3 is 2.12 bits per heavy atom. The molecule has 2 N–H and O–H groups in total. The van der Waals surface area contributed by atoms with Gasteiger partial charge in [-0.05, 0) is 6.26 Å². The van der Waals surface area contributed by atoms with Gasteiger partial charge in [0.25, 0.3) is 0 Å². The van der Waals surface area contributed by atoms with Crippen LogP contribution in [0.25, 0.3) is 0 Å². The van der Waals surface area contributed by atoms with Gasteiger partial charge in [0.15, 0.2) is 0 Å². The van der Waals surface area contributed by atoms with Gasteiger partial charge in [0.2, 0.25) is 5.91 Å². The highest BCUT2D eigenvalue weighted by Crippen LogP contribution is 2.04. The fraction of sp³-hybridized carbons (Fsp3) is 0.762. The number of nitrogens with zero attached hydrogens (tertiary/aromatic N) is 5. The minimum absolute atomic E-state index is 0.00153. The molecule has 1 aliphatic heterocycles. The van der Waals surface area contributed by atoms with Crippen LogP contribution < -0.4 is 0 Å². The lowest BCUT2D eigenvalue weighted by atomic mass is 10.3. The van der Waals surface area contributed by atoms with E-state index in [-0.39, 0.29) is 38.1 Å². The number of aliphatic carboxylic acids is 1. The summed E-state index contributed by atoms with van der Waals surface area (Å²) in [6, 6.07) is 0. The van der Waals surface area contributed by atoms with Crippen molar-refractivity contribution in [1.29, 1.82) is 0 Å². The van der Waals surface area contributed by atoms with Gasteiger partial charge in [-0.25, -0.2) is 0 Å². The first-order valence-corrected chi connectivity index (χ1v) is 12.4. The van der Waals surface area contributed by atoms with Crippen LogP contribution in [0.1, 0.15) is 0 Å². The number of likely N-dealkylation sites (N-methyl/N-ethyl adjacent to an activating group) is 1. The number of carbonyl (C=O) groups is 3. The number of ether oxygens (including phenoxy) is 1. The molecular formula is C21H39N5O6S. The van der Waals surface area contributed by atoms with Crippen molar-refractivity contribution in [2.75, 3.05) is 105 Å². The maximum atomic E-state index is 12.7. The lowest BCUT2D eigenvalue weighted by Gasteiger charge is -2.32. The van der Waals surface area contributed by atoms with Crippen LogP contribution in [0, 0.1) is 0 Å². The second kappa shape index (κ2) is 16.6. The fourth-order valence-corrected chi connectivity index (χ4v) is 3.69. The van der Waals surface area contributed by atoms with Crippen LogP contribution in [0.2, 0.25) is 0 Å². The topological polar surface area (TPSA) is 117 Å². The van der Waals surface area contributed by atoms with Crippen molar-refractivity contribution in [1.82, 2.24) is 24.5 Å². The van der Waals surface area contributed by atoms with Crippen molar-refractivity contribution in [3.8, 4) is 0 Å². The monoisotopic (exact) mass is 489 g/mol. The van der Waals surface area contributed by atoms with Gasteiger partial charge in [-0.15, -0.1) is 0 Å². The molecule has 1 aliphatic rings. The van der Waals surface area contributed by atoms with E-state index in [1.807, 2.05) is 38.3 Å². The molecule has 0 aromatic rings. The average Bonchev–Trinajstić information content (AvgIpc) is 2.78. The van der Waals surface area contributed by atoms with E-state index >= 15 is 0 Å². The number of carboxylic acid groups (broad SMARTS) is 1. The molecular weight excluding hydrogens is 450 g/mol. The first kappa shape index (κ1) is 29.0. The number of aliphatic hydroxyl groups is 1. The van der Waals surface area contributed by atoms with Gasteiger partial charge in [-0.1, -0.05) is 0 Å². The molecule has 0 unspecified atom stereocenters. The lowest BCUT2D eigenvalue weighted by Crippen LogP contribution is -2.46. The zero-order valence-electron chi connectivity index (χ0n) is 20.0. The number of aliphatic hydroxyl groups excluding tert-OH is 1. The molecule has 12 heteroatoms. The Morgan fingerprint density at radius 1 is 0.970 bits per heavy atom. The first-order chi connectivity index (χ1) is 15.8. The summed E-state index contributed by atoms with van der Waals surface area (Å²) in [5.74, 6) is -0.416. The van der Waals surface area contributed by atoms with Gasteiger partial charge in [-0.3, -0.25) is 24.2 Å². The number of hydrogen-bond donors (Lipinski definition) is 2. The third-order valence-corrected chi connectivity index (χ3v) is 5.94. The molecule has 1 heterocycles. The second-order valence-electron chi connectivity index (χ2n) is 7.86. The van der Waals surface area contributed by atoms with Gasteiger partial charge < -0.3 is 29.6 Å². The molecule has 0 radical (unpaired) electrons. The van der Waals surface area contributed by atoms with Gasteiger partial charge in [-0.2, -0.15) is 11.8 Å². The van der Waals surface area contributed by atoms with E-state index in [2.05, 4.69) is 0 Å². The molecule has 0 aromatic carbocycles. The Balaban J connectivity index is 3.01. The Morgan fingerprint density at radius 2 is 1.55 bits per heavy atom. The van der Waals surface area contributed by atoms with E-state index in [0.717, 1.165) is 5.75 Å². The quantitative estimate of drug-likeness (QED) is 0.339. The fourth-order valence-electron chi connectivity index (χ4n) is 3.23. The predicted octanol–water partition coefficient (Wildman–Crippen LogP) is -1.25. The second-order valence-corrected chi connectivity index (χ2v) is 8.84. The number of methoxy groups -OCH3 is 1. The summed E-state index contributed by atoms with van der Waals surface area (Å²) in [5, 5.41) is 18.7. The molecule has 0 spiro atoms. The normalized spacial score (nSPS) is 17.7. The first-order valence-electron chi connectivity index (χ1n) is 11.0. The highest BCUT2D eigenvalue weighted by atomic mass is 32.2. The number of hydrogen-bond acceptors (Lipinski definition) is 10. The summed E-state index contributed by atoms with van der Waals surface area (Å²) in [4.78, 5) is 45.1. The molecule has 1 amide bonds. The van der Waals surface area contributed by atoms with Crippen LogP contribution in [-0.4, -0.2) is 157 Å². The Kier molecular flexibility index (Phi) is 14.6. The Bertz CT molecular complexity index is 638. The van der Waals surface area contributed by atoms with E-state index in [1.54, 1.807) is 23.7 Å². The third-order valence-electron chi connectivity index (χ3n) is 5.35. The van der Waals surface area contributed by atoms with Crippen molar-refractivity contribution < 1.29 is 29.3 Å². The smallest absolute Gasteiger partial charge is 0.319 e. The highest BCUT2D eigenvalue weighted by molar-refractivity contribution is 7.98. The van der Waals surface area contributed by atoms with E-state index in [9.17, 15) is 24.6 Å².